The highest BCUT2D eigenvalue weighted by Gasteiger charge is 2.58. The van der Waals surface area contributed by atoms with E-state index in [-0.39, 0.29) is 23.1 Å². The fraction of sp³-hybridized carbons (Fsp3) is 0.186. The molecule has 65 heavy (non-hydrogen) atoms. The van der Waals surface area contributed by atoms with E-state index in [1.54, 1.807) is 0 Å². The van der Waals surface area contributed by atoms with Gasteiger partial charge in [-0.1, -0.05) is 112 Å². The smallest absolute Gasteiger partial charge is 0.252 e. The van der Waals surface area contributed by atoms with E-state index < -0.39 is 0 Å². The average molecular weight is 840 g/mol. The normalized spacial score (nSPS) is 20.8. The quantitative estimate of drug-likeness (QED) is 0.166. The Kier molecular flexibility index (Phi) is 6.75. The molecule has 2 unspecified atom stereocenters. The van der Waals surface area contributed by atoms with Crippen LogP contribution in [0.4, 0.5) is 45.5 Å². The van der Waals surface area contributed by atoms with Crippen LogP contribution in [0.15, 0.2) is 167 Å². The monoisotopic (exact) mass is 839 g/mol. The summed E-state index contributed by atoms with van der Waals surface area (Å²) in [5.74, 6) is 0. The molecule has 6 heterocycles. The van der Waals surface area contributed by atoms with Crippen molar-refractivity contribution in [3.05, 3.63) is 174 Å². The molecule has 0 saturated heterocycles. The first-order chi connectivity index (χ1) is 31.7. The van der Waals surface area contributed by atoms with E-state index in [0.29, 0.717) is 0 Å². The Morgan fingerprint density at radius 1 is 0.415 bits per heavy atom. The number of rotatable bonds is 3. The van der Waals surface area contributed by atoms with Crippen LogP contribution in [0.2, 0.25) is 0 Å². The molecule has 1 saturated carbocycles. The van der Waals surface area contributed by atoms with Gasteiger partial charge in [0.25, 0.3) is 6.71 Å². The zero-order valence-electron chi connectivity index (χ0n) is 37.1. The summed E-state index contributed by atoms with van der Waals surface area (Å²) in [4.78, 5) is 7.90. The topological polar surface area (TPSA) is 36.0 Å². The van der Waals surface area contributed by atoms with Gasteiger partial charge in [-0.25, -0.2) is 0 Å². The van der Waals surface area contributed by atoms with E-state index in [1.807, 2.05) is 0 Å². The van der Waals surface area contributed by atoms with Crippen LogP contribution in [-0.4, -0.2) is 12.3 Å². The van der Waals surface area contributed by atoms with Crippen molar-refractivity contribution in [2.75, 3.05) is 14.7 Å². The van der Waals surface area contributed by atoms with E-state index in [2.05, 4.69) is 200 Å². The van der Waals surface area contributed by atoms with Gasteiger partial charge in [-0.15, -0.1) is 0 Å². The molecule has 0 N–H and O–H groups in total. The van der Waals surface area contributed by atoms with Gasteiger partial charge in [-0.05, 0) is 120 Å². The van der Waals surface area contributed by atoms with Crippen molar-refractivity contribution in [1.82, 2.24) is 0 Å². The molecule has 8 aromatic carbocycles. The molecule has 0 radical (unpaired) electrons. The van der Waals surface area contributed by atoms with Gasteiger partial charge < -0.3 is 23.5 Å². The maximum Gasteiger partial charge on any atom is 0.252 e. The van der Waals surface area contributed by atoms with Crippen molar-refractivity contribution in [3.63, 3.8) is 0 Å². The SMILES string of the molecule is CC1(C)c2cccc3c2B2c4c(cc(N5c6ccccc6C6(C)CCCCC56C)cc4N(c4ccc5c(c4)oc4ccccc45)c4cccc1c42)N3c1ccc2c(c1)oc1ccccc12. The van der Waals surface area contributed by atoms with Crippen molar-refractivity contribution in [1.29, 1.82) is 0 Å². The van der Waals surface area contributed by atoms with Gasteiger partial charge in [-0.3, -0.25) is 0 Å². The highest BCUT2D eigenvalue weighted by Crippen LogP contribution is 2.62. The molecule has 1 fully saturated rings. The fourth-order valence-corrected chi connectivity index (χ4v) is 13.8. The highest BCUT2D eigenvalue weighted by atomic mass is 16.3. The first-order valence-corrected chi connectivity index (χ1v) is 23.5. The molecule has 312 valence electrons. The van der Waals surface area contributed by atoms with E-state index in [4.69, 9.17) is 8.83 Å². The Hall–Kier alpha value is -7.18. The molecule has 4 aliphatic heterocycles. The number of fused-ring (bicyclic) bond motifs is 9. The minimum absolute atomic E-state index is 0.00492. The third kappa shape index (κ3) is 4.36. The Labute approximate surface area is 378 Å². The molecule has 15 rings (SSSR count). The largest absolute Gasteiger partial charge is 0.456 e. The van der Waals surface area contributed by atoms with Gasteiger partial charge in [0.1, 0.15) is 22.3 Å². The number of furan rings is 2. The summed E-state index contributed by atoms with van der Waals surface area (Å²) in [5, 5.41) is 4.55. The lowest BCUT2D eigenvalue weighted by molar-refractivity contribution is 0.195. The second-order valence-corrected chi connectivity index (χ2v) is 20.3. The van der Waals surface area contributed by atoms with E-state index in [0.717, 1.165) is 61.7 Å². The van der Waals surface area contributed by atoms with Gasteiger partial charge in [0, 0.05) is 90.0 Å². The van der Waals surface area contributed by atoms with Crippen LogP contribution in [0, 0.1) is 0 Å². The number of nitrogens with zero attached hydrogens (tertiary/aromatic N) is 3. The molecule has 2 aromatic heterocycles. The van der Waals surface area contributed by atoms with Crippen LogP contribution in [-0.2, 0) is 10.8 Å². The molecule has 0 amide bonds. The Balaban J connectivity index is 1.07. The molecular weight excluding hydrogens is 793 g/mol. The number of benzene rings is 8. The fourth-order valence-electron chi connectivity index (χ4n) is 13.8. The van der Waals surface area contributed by atoms with Gasteiger partial charge in [0.2, 0.25) is 0 Å². The zero-order chi connectivity index (χ0) is 43.1. The predicted octanol–water partition coefficient (Wildman–Crippen LogP) is 13.9. The summed E-state index contributed by atoms with van der Waals surface area (Å²) in [6.45, 7) is 9.97. The van der Waals surface area contributed by atoms with Crippen molar-refractivity contribution in [2.45, 2.75) is 69.7 Å². The lowest BCUT2D eigenvalue weighted by Crippen LogP contribution is -2.67. The van der Waals surface area contributed by atoms with Crippen LogP contribution >= 0.6 is 0 Å². The van der Waals surface area contributed by atoms with Crippen LogP contribution in [0.5, 0.6) is 0 Å². The summed E-state index contributed by atoms with van der Waals surface area (Å²) >= 11 is 0. The minimum atomic E-state index is -0.246. The van der Waals surface area contributed by atoms with Crippen LogP contribution < -0.4 is 31.1 Å². The second kappa shape index (κ2) is 12.1. The highest BCUT2D eigenvalue weighted by molar-refractivity contribution is 7.01. The van der Waals surface area contributed by atoms with Gasteiger partial charge in [-0.2, -0.15) is 0 Å². The Morgan fingerprint density at radius 3 is 1.51 bits per heavy atom. The van der Waals surface area contributed by atoms with Gasteiger partial charge in [0.15, 0.2) is 0 Å². The van der Waals surface area contributed by atoms with Crippen molar-refractivity contribution in [2.24, 2.45) is 0 Å². The molecule has 1 aliphatic carbocycles. The summed E-state index contributed by atoms with van der Waals surface area (Å²) in [6, 6.07) is 59.0. The molecule has 10 aromatic rings. The minimum Gasteiger partial charge on any atom is -0.456 e. The number of hydrogen-bond donors (Lipinski definition) is 0. The average Bonchev–Trinajstić information content (AvgIpc) is 3.95. The Bertz CT molecular complexity index is 3550. The summed E-state index contributed by atoms with van der Waals surface area (Å²) in [6.07, 6.45) is 4.76. The second-order valence-electron chi connectivity index (χ2n) is 20.3. The summed E-state index contributed by atoms with van der Waals surface area (Å²) in [5.41, 5.74) is 21.2. The molecule has 5 aliphatic rings. The maximum absolute atomic E-state index is 6.66. The number of anilines is 8. The van der Waals surface area contributed by atoms with Crippen LogP contribution in [0.3, 0.4) is 0 Å². The number of para-hydroxylation sites is 3. The molecule has 5 nitrogen and oxygen atoms in total. The Morgan fingerprint density at radius 2 is 0.908 bits per heavy atom. The third-order valence-corrected chi connectivity index (χ3v) is 17.0. The first kappa shape index (κ1) is 36.2. The standard InChI is InChI=1S/C59H46BN3O2/c1-57(2)43-18-13-21-46-54(43)60-55-44(57)19-14-22-47(55)62(36-26-28-41-39-16-6-10-24-51(39)65-53(41)34-36)49-32-37(63-45-20-8-7-17-42(45)58(3)29-11-12-30-59(58,63)4)31-48(56(49)60)61(46)35-25-27-40-38-15-5-9-23-50(38)64-52(40)33-35/h5-10,13-28,31-34H,11-12,29-30H2,1-4H3. The lowest BCUT2D eigenvalue weighted by Gasteiger charge is -2.52. The van der Waals surface area contributed by atoms with Crippen molar-refractivity contribution in [3.8, 4) is 0 Å². The van der Waals surface area contributed by atoms with Crippen LogP contribution in [0.1, 0.15) is 70.1 Å². The summed E-state index contributed by atoms with van der Waals surface area (Å²) in [7, 11) is 0. The zero-order valence-corrected chi connectivity index (χ0v) is 37.1. The lowest BCUT2D eigenvalue weighted by atomic mass is 9.28. The molecule has 0 bridgehead atoms. The van der Waals surface area contributed by atoms with E-state index in [1.165, 1.54) is 86.5 Å². The molecule has 0 spiro atoms. The van der Waals surface area contributed by atoms with E-state index >= 15 is 0 Å². The number of hydrogen-bond acceptors (Lipinski definition) is 5. The van der Waals surface area contributed by atoms with E-state index in [9.17, 15) is 0 Å². The first-order valence-electron chi connectivity index (χ1n) is 23.5. The third-order valence-electron chi connectivity index (χ3n) is 17.0. The maximum atomic E-state index is 6.66. The summed E-state index contributed by atoms with van der Waals surface area (Å²) < 4.78 is 13.3. The predicted molar refractivity (Wildman–Crippen MR) is 270 cm³/mol. The van der Waals surface area contributed by atoms with Gasteiger partial charge >= 0.3 is 0 Å². The van der Waals surface area contributed by atoms with Crippen molar-refractivity contribution >= 4 is 112 Å². The van der Waals surface area contributed by atoms with Crippen molar-refractivity contribution < 1.29 is 8.83 Å². The molecule has 2 atom stereocenters. The molecule has 6 heteroatoms. The van der Waals surface area contributed by atoms with Crippen LogP contribution in [0.25, 0.3) is 43.9 Å². The molecular formula is C59H46BN3O2. The van der Waals surface area contributed by atoms with Gasteiger partial charge in [0.05, 0.1) is 5.54 Å².